The van der Waals surface area contributed by atoms with Crippen LogP contribution < -0.4 is 5.32 Å². The molecule has 5 heteroatoms. The molecule has 0 saturated carbocycles. The van der Waals surface area contributed by atoms with E-state index in [-0.39, 0.29) is 6.54 Å². The summed E-state index contributed by atoms with van der Waals surface area (Å²) in [5, 5.41) is 2.69. The van der Waals surface area contributed by atoms with Crippen LogP contribution in [0.5, 0.6) is 0 Å². The van der Waals surface area contributed by atoms with Crippen LogP contribution in [0, 0.1) is 0 Å². The highest BCUT2D eigenvalue weighted by Crippen LogP contribution is 2.28. The molecule has 0 amide bonds. The Hall–Kier alpha value is -0.290. The Balaban J connectivity index is 2.58. The zero-order chi connectivity index (χ0) is 9.41. The molecule has 2 nitrogen and oxygen atoms in total. The first-order chi connectivity index (χ1) is 5.31. The number of alkyl halides is 3. The fraction of sp³-hybridized carbons (Fsp3) is 1.00. The van der Waals surface area contributed by atoms with Crippen molar-refractivity contribution in [2.45, 2.75) is 31.7 Å². The van der Waals surface area contributed by atoms with Crippen LogP contribution in [0.15, 0.2) is 0 Å². The molecule has 72 valence electrons. The molecule has 0 bridgehead atoms. The fourth-order valence-electron chi connectivity index (χ4n) is 1.16. The SMILES string of the molecule is CC1(C)CNCC(C(F)(F)F)O1. The van der Waals surface area contributed by atoms with E-state index in [9.17, 15) is 13.2 Å². The Morgan fingerprint density at radius 1 is 1.42 bits per heavy atom. The largest absolute Gasteiger partial charge is 0.415 e. The van der Waals surface area contributed by atoms with Crippen LogP contribution in [0.4, 0.5) is 13.2 Å². The number of nitrogens with one attached hydrogen (secondary N) is 1. The lowest BCUT2D eigenvalue weighted by Gasteiger charge is -2.37. The standard InChI is InChI=1S/C7H12F3NO/c1-6(2)4-11-3-5(12-6)7(8,9)10/h5,11H,3-4H2,1-2H3. The van der Waals surface area contributed by atoms with Crippen LogP contribution in [-0.2, 0) is 4.74 Å². The lowest BCUT2D eigenvalue weighted by molar-refractivity contribution is -0.256. The third-order valence-electron chi connectivity index (χ3n) is 1.71. The van der Waals surface area contributed by atoms with Gasteiger partial charge in [0.2, 0.25) is 0 Å². The molecular weight excluding hydrogens is 171 g/mol. The predicted molar refractivity (Wildman–Crippen MR) is 37.9 cm³/mol. The minimum atomic E-state index is -4.26. The van der Waals surface area contributed by atoms with Gasteiger partial charge >= 0.3 is 6.18 Å². The van der Waals surface area contributed by atoms with Crippen molar-refractivity contribution in [3.63, 3.8) is 0 Å². The maximum atomic E-state index is 12.1. The van der Waals surface area contributed by atoms with Crippen LogP contribution in [0.2, 0.25) is 0 Å². The molecule has 1 saturated heterocycles. The van der Waals surface area contributed by atoms with Crippen molar-refractivity contribution in [2.24, 2.45) is 0 Å². The van der Waals surface area contributed by atoms with E-state index in [1.54, 1.807) is 13.8 Å². The van der Waals surface area contributed by atoms with Gasteiger partial charge in [0.1, 0.15) is 0 Å². The van der Waals surface area contributed by atoms with Gasteiger partial charge in [0.05, 0.1) is 5.60 Å². The molecule has 1 N–H and O–H groups in total. The van der Waals surface area contributed by atoms with E-state index in [0.717, 1.165) is 0 Å². The zero-order valence-electron chi connectivity index (χ0n) is 7.03. The molecule has 1 aliphatic rings. The molecular formula is C7H12F3NO. The average molecular weight is 183 g/mol. The summed E-state index contributed by atoms with van der Waals surface area (Å²) in [7, 11) is 0. The molecule has 12 heavy (non-hydrogen) atoms. The van der Waals surface area contributed by atoms with E-state index in [0.29, 0.717) is 6.54 Å². The molecule has 0 aromatic heterocycles. The van der Waals surface area contributed by atoms with Gasteiger partial charge in [-0.25, -0.2) is 0 Å². The van der Waals surface area contributed by atoms with E-state index >= 15 is 0 Å². The zero-order valence-corrected chi connectivity index (χ0v) is 7.03. The molecule has 0 spiro atoms. The monoisotopic (exact) mass is 183 g/mol. The predicted octanol–water partition coefficient (Wildman–Crippen LogP) is 1.32. The first-order valence-corrected chi connectivity index (χ1v) is 3.76. The van der Waals surface area contributed by atoms with Gasteiger partial charge in [0.25, 0.3) is 0 Å². The number of hydrogen-bond acceptors (Lipinski definition) is 2. The van der Waals surface area contributed by atoms with Gasteiger partial charge in [-0.1, -0.05) is 0 Å². The molecule has 0 aliphatic carbocycles. The third kappa shape index (κ3) is 2.35. The smallest absolute Gasteiger partial charge is 0.360 e. The molecule has 0 radical (unpaired) electrons. The second-order valence-corrected chi connectivity index (χ2v) is 3.54. The van der Waals surface area contributed by atoms with Crippen molar-refractivity contribution in [3.8, 4) is 0 Å². The summed E-state index contributed by atoms with van der Waals surface area (Å²) in [5.41, 5.74) is -0.724. The number of halogens is 3. The van der Waals surface area contributed by atoms with E-state index < -0.39 is 17.9 Å². The van der Waals surface area contributed by atoms with Crippen LogP contribution >= 0.6 is 0 Å². The highest BCUT2D eigenvalue weighted by molar-refractivity contribution is 4.84. The van der Waals surface area contributed by atoms with Crippen LogP contribution in [-0.4, -0.2) is 31.0 Å². The maximum Gasteiger partial charge on any atom is 0.415 e. The van der Waals surface area contributed by atoms with Gasteiger partial charge in [-0.2, -0.15) is 13.2 Å². The van der Waals surface area contributed by atoms with Crippen molar-refractivity contribution in [1.82, 2.24) is 5.32 Å². The first-order valence-electron chi connectivity index (χ1n) is 3.76. The average Bonchev–Trinajstić information content (AvgIpc) is 1.83. The summed E-state index contributed by atoms with van der Waals surface area (Å²) >= 11 is 0. The Bertz CT molecular complexity index is 163. The van der Waals surface area contributed by atoms with Crippen LogP contribution in [0.3, 0.4) is 0 Å². The molecule has 1 aliphatic heterocycles. The molecule has 1 atom stereocenters. The van der Waals surface area contributed by atoms with Gasteiger partial charge in [0, 0.05) is 13.1 Å². The Morgan fingerprint density at radius 3 is 2.33 bits per heavy atom. The van der Waals surface area contributed by atoms with Gasteiger partial charge < -0.3 is 10.1 Å². The van der Waals surface area contributed by atoms with Crippen molar-refractivity contribution in [3.05, 3.63) is 0 Å². The summed E-state index contributed by atoms with van der Waals surface area (Å²) < 4.78 is 41.2. The Kier molecular flexibility index (Phi) is 2.35. The first kappa shape index (κ1) is 9.80. The number of hydrogen-bond donors (Lipinski definition) is 1. The molecule has 0 aromatic rings. The highest BCUT2D eigenvalue weighted by atomic mass is 19.4. The van der Waals surface area contributed by atoms with Crippen LogP contribution in [0.25, 0.3) is 0 Å². The summed E-state index contributed by atoms with van der Waals surface area (Å²) in [4.78, 5) is 0. The highest BCUT2D eigenvalue weighted by Gasteiger charge is 2.45. The van der Waals surface area contributed by atoms with E-state index in [2.05, 4.69) is 5.32 Å². The lowest BCUT2D eigenvalue weighted by Crippen LogP contribution is -2.55. The van der Waals surface area contributed by atoms with Gasteiger partial charge in [0.15, 0.2) is 6.10 Å². The second-order valence-electron chi connectivity index (χ2n) is 3.54. The topological polar surface area (TPSA) is 21.3 Å². The normalized spacial score (nSPS) is 30.2. The van der Waals surface area contributed by atoms with E-state index in [1.807, 2.05) is 0 Å². The molecule has 0 aromatic carbocycles. The van der Waals surface area contributed by atoms with E-state index in [1.165, 1.54) is 0 Å². The third-order valence-corrected chi connectivity index (χ3v) is 1.71. The summed E-state index contributed by atoms with van der Waals surface area (Å²) in [6, 6.07) is 0. The number of morpholine rings is 1. The van der Waals surface area contributed by atoms with Crippen molar-refractivity contribution in [2.75, 3.05) is 13.1 Å². The van der Waals surface area contributed by atoms with Crippen molar-refractivity contribution >= 4 is 0 Å². The Labute approximate surface area is 69.1 Å². The molecule has 1 fully saturated rings. The fourth-order valence-corrected chi connectivity index (χ4v) is 1.16. The van der Waals surface area contributed by atoms with E-state index in [4.69, 9.17) is 4.74 Å². The number of rotatable bonds is 0. The Morgan fingerprint density at radius 2 is 2.00 bits per heavy atom. The van der Waals surface area contributed by atoms with Crippen molar-refractivity contribution in [1.29, 1.82) is 0 Å². The molecule has 1 unspecified atom stereocenters. The maximum absolute atomic E-state index is 12.1. The molecule has 1 rings (SSSR count). The summed E-state index contributed by atoms with van der Waals surface area (Å²) in [5.74, 6) is 0. The quantitative estimate of drug-likeness (QED) is 0.611. The minimum absolute atomic E-state index is 0.146. The van der Waals surface area contributed by atoms with Gasteiger partial charge in [-0.15, -0.1) is 0 Å². The number of ether oxygens (including phenoxy) is 1. The second kappa shape index (κ2) is 2.88. The lowest BCUT2D eigenvalue weighted by atomic mass is 10.1. The summed E-state index contributed by atoms with van der Waals surface area (Å²) in [6.45, 7) is 3.59. The molecule has 1 heterocycles. The minimum Gasteiger partial charge on any atom is -0.360 e. The van der Waals surface area contributed by atoms with Crippen molar-refractivity contribution < 1.29 is 17.9 Å². The van der Waals surface area contributed by atoms with Crippen LogP contribution in [0.1, 0.15) is 13.8 Å². The summed E-state index contributed by atoms with van der Waals surface area (Å²) in [6.07, 6.45) is -5.92. The van der Waals surface area contributed by atoms with Gasteiger partial charge in [-0.05, 0) is 13.8 Å². The van der Waals surface area contributed by atoms with Gasteiger partial charge in [-0.3, -0.25) is 0 Å².